The second-order valence-electron chi connectivity index (χ2n) is 6.70. The number of thiocarbonyl (C=S) groups is 1. The van der Waals surface area contributed by atoms with Gasteiger partial charge in [-0.2, -0.15) is 0 Å². The van der Waals surface area contributed by atoms with Gasteiger partial charge in [-0.05, 0) is 99.1 Å². The van der Waals surface area contributed by atoms with Gasteiger partial charge in [0.05, 0.1) is 11.1 Å². The van der Waals surface area contributed by atoms with Crippen molar-refractivity contribution in [1.29, 1.82) is 0 Å². The predicted molar refractivity (Wildman–Crippen MR) is 139 cm³/mol. The van der Waals surface area contributed by atoms with Gasteiger partial charge < -0.3 is 9.47 Å². The number of carbonyl (C=O) groups is 2. The molecule has 0 atom stereocenters. The van der Waals surface area contributed by atoms with Crippen LogP contribution in [0.25, 0.3) is 6.08 Å². The lowest BCUT2D eigenvalue weighted by Gasteiger charge is -2.27. The lowest BCUT2D eigenvalue weighted by Crippen LogP contribution is -2.53. The molecule has 32 heavy (non-hydrogen) atoms. The summed E-state index contributed by atoms with van der Waals surface area (Å²) < 4.78 is 13.6. The molecule has 0 aliphatic carbocycles. The molecule has 0 unspecified atom stereocenters. The molecule has 1 heterocycles. The Balaban J connectivity index is 1.91. The fourth-order valence-corrected chi connectivity index (χ4v) is 4.15. The zero-order valence-corrected chi connectivity index (χ0v) is 21.8. The van der Waals surface area contributed by atoms with Gasteiger partial charge in [0.25, 0.3) is 11.8 Å². The largest absolute Gasteiger partial charge is 0.490 e. The highest BCUT2D eigenvalue weighted by atomic mass is 127. The maximum Gasteiger partial charge on any atom is 0.265 e. The van der Waals surface area contributed by atoms with E-state index < -0.39 is 11.8 Å². The molecule has 2 aromatic carbocycles. The number of amides is 2. The first kappa shape index (κ1) is 24.4. The Morgan fingerprint density at radius 1 is 1.22 bits per heavy atom. The van der Waals surface area contributed by atoms with Crippen molar-refractivity contribution in [3.8, 4) is 11.5 Å². The number of hydrogen-bond donors (Lipinski definition) is 1. The Bertz CT molecular complexity index is 1100. The van der Waals surface area contributed by atoms with Crippen LogP contribution in [0.15, 0.2) is 59.1 Å². The second-order valence-corrected chi connectivity index (χ2v) is 9.19. The summed E-state index contributed by atoms with van der Waals surface area (Å²) in [6, 6.07) is 11.5. The van der Waals surface area contributed by atoms with Crippen LogP contribution in [0.5, 0.6) is 11.5 Å². The van der Waals surface area contributed by atoms with Crippen LogP contribution in [0.2, 0.25) is 0 Å². The van der Waals surface area contributed by atoms with Crippen LogP contribution < -0.4 is 14.8 Å². The van der Waals surface area contributed by atoms with E-state index in [0.29, 0.717) is 34.7 Å². The van der Waals surface area contributed by atoms with Crippen molar-refractivity contribution in [3.05, 3.63) is 73.8 Å². The van der Waals surface area contributed by atoms with Gasteiger partial charge in [0.1, 0.15) is 12.2 Å². The Morgan fingerprint density at radius 3 is 2.59 bits per heavy atom. The number of hydrogen-bond acceptors (Lipinski definition) is 5. The van der Waals surface area contributed by atoms with Gasteiger partial charge in [-0.1, -0.05) is 18.2 Å². The molecule has 1 N–H and O–H groups in total. The molecule has 3 rings (SSSR count). The summed E-state index contributed by atoms with van der Waals surface area (Å²) in [4.78, 5) is 26.5. The van der Waals surface area contributed by atoms with Gasteiger partial charge in [0.15, 0.2) is 16.6 Å². The molecule has 0 spiro atoms. The molecular weight excluding hydrogens is 607 g/mol. The first-order chi connectivity index (χ1) is 15.3. The highest BCUT2D eigenvalue weighted by Gasteiger charge is 2.32. The van der Waals surface area contributed by atoms with E-state index in [9.17, 15) is 9.59 Å². The van der Waals surface area contributed by atoms with Gasteiger partial charge in [-0.15, -0.1) is 6.58 Å². The minimum Gasteiger partial charge on any atom is -0.490 e. The quantitative estimate of drug-likeness (QED) is 0.149. The van der Waals surface area contributed by atoms with Crippen molar-refractivity contribution in [2.75, 3.05) is 13.2 Å². The van der Waals surface area contributed by atoms with Crippen LogP contribution in [0, 0.1) is 3.57 Å². The lowest BCUT2D eigenvalue weighted by molar-refractivity contribution is -0.128. The molecular formula is C23H20BrIN2O4S. The van der Waals surface area contributed by atoms with Crippen molar-refractivity contribution in [3.63, 3.8) is 0 Å². The van der Waals surface area contributed by atoms with Crippen LogP contribution in [0.3, 0.4) is 0 Å². The molecule has 1 saturated heterocycles. The zero-order valence-electron chi connectivity index (χ0n) is 17.2. The fourth-order valence-electron chi connectivity index (χ4n) is 2.97. The van der Waals surface area contributed by atoms with Crippen LogP contribution >= 0.6 is 50.7 Å². The molecule has 166 valence electrons. The van der Waals surface area contributed by atoms with E-state index >= 15 is 0 Å². The molecule has 0 bridgehead atoms. The Labute approximate surface area is 213 Å². The number of halogens is 2. The average molecular weight is 627 g/mol. The highest BCUT2D eigenvalue weighted by Crippen LogP contribution is 2.38. The summed E-state index contributed by atoms with van der Waals surface area (Å²) in [7, 11) is 0. The topological polar surface area (TPSA) is 67.9 Å². The van der Waals surface area contributed by atoms with Crippen molar-refractivity contribution in [2.45, 2.75) is 13.5 Å². The van der Waals surface area contributed by atoms with Crippen molar-refractivity contribution < 1.29 is 19.1 Å². The van der Waals surface area contributed by atoms with Gasteiger partial charge in [-0.3, -0.25) is 19.8 Å². The van der Waals surface area contributed by atoms with Gasteiger partial charge >= 0.3 is 0 Å². The Kier molecular flexibility index (Phi) is 8.44. The van der Waals surface area contributed by atoms with Gasteiger partial charge in [0, 0.05) is 10.1 Å². The monoisotopic (exact) mass is 626 g/mol. The van der Waals surface area contributed by atoms with E-state index in [0.717, 1.165) is 9.13 Å². The average Bonchev–Trinajstić information content (AvgIpc) is 2.75. The summed E-state index contributed by atoms with van der Waals surface area (Å²) >= 11 is 10.9. The number of carbonyl (C=O) groups excluding carboxylic acids is 2. The molecule has 0 aromatic heterocycles. The second kappa shape index (κ2) is 11.1. The molecule has 1 aliphatic heterocycles. The first-order valence-corrected chi connectivity index (χ1v) is 11.9. The number of benzene rings is 2. The van der Waals surface area contributed by atoms with E-state index in [1.165, 1.54) is 11.0 Å². The summed E-state index contributed by atoms with van der Waals surface area (Å²) in [6.45, 7) is 6.49. The SMILES string of the molecule is C=CCN1C(=O)/C(=C/c2cc(Br)c(OCc3ccc(I)cc3)c(OCC)c2)C(=O)NC1=S. The van der Waals surface area contributed by atoms with E-state index in [1.807, 2.05) is 31.2 Å². The van der Waals surface area contributed by atoms with Crippen molar-refractivity contribution in [1.82, 2.24) is 10.2 Å². The van der Waals surface area contributed by atoms with Crippen molar-refractivity contribution >= 4 is 73.7 Å². The summed E-state index contributed by atoms with van der Waals surface area (Å²) in [5, 5.41) is 2.60. The molecule has 2 aromatic rings. The molecule has 1 fully saturated rings. The number of nitrogens with one attached hydrogen (secondary N) is 1. The smallest absolute Gasteiger partial charge is 0.265 e. The maximum absolute atomic E-state index is 12.8. The normalized spacial score (nSPS) is 15.0. The summed E-state index contributed by atoms with van der Waals surface area (Å²) in [5.41, 5.74) is 1.60. The molecule has 1 aliphatic rings. The third kappa shape index (κ3) is 5.76. The highest BCUT2D eigenvalue weighted by molar-refractivity contribution is 14.1. The van der Waals surface area contributed by atoms with E-state index in [-0.39, 0.29) is 17.2 Å². The molecule has 2 amide bonds. The minimum atomic E-state index is -0.548. The summed E-state index contributed by atoms with van der Waals surface area (Å²) in [5.74, 6) is 0.0167. The Hall–Kier alpha value is -2.24. The first-order valence-electron chi connectivity index (χ1n) is 9.67. The predicted octanol–water partition coefficient (Wildman–Crippen LogP) is 4.84. The molecule has 6 nitrogen and oxygen atoms in total. The molecule has 9 heteroatoms. The van der Waals surface area contributed by atoms with E-state index in [2.05, 4.69) is 50.4 Å². The van der Waals surface area contributed by atoms with Crippen LogP contribution in [-0.2, 0) is 16.2 Å². The third-order valence-corrected chi connectivity index (χ3v) is 6.07. The fraction of sp³-hybridized carbons (Fsp3) is 0.174. The third-order valence-electron chi connectivity index (χ3n) is 4.44. The number of rotatable bonds is 8. The van der Waals surface area contributed by atoms with Gasteiger partial charge in [0.2, 0.25) is 0 Å². The minimum absolute atomic E-state index is 0.0256. The van der Waals surface area contributed by atoms with Gasteiger partial charge in [-0.25, -0.2) is 0 Å². The van der Waals surface area contributed by atoms with Crippen LogP contribution in [-0.4, -0.2) is 35.0 Å². The Morgan fingerprint density at radius 2 is 1.94 bits per heavy atom. The maximum atomic E-state index is 12.8. The zero-order chi connectivity index (χ0) is 23.3. The van der Waals surface area contributed by atoms with E-state index in [4.69, 9.17) is 21.7 Å². The standard InChI is InChI=1S/C23H20BrIN2O4S/c1-3-9-27-22(29)17(21(28)26-23(27)32)10-15-11-18(24)20(19(12-15)30-4-2)31-13-14-5-7-16(25)8-6-14/h3,5-8,10-12H,1,4,9,13H2,2H3,(H,26,28,32)/b17-10+. The summed E-state index contributed by atoms with van der Waals surface area (Å²) in [6.07, 6.45) is 3.05. The molecule has 0 saturated carbocycles. The number of ether oxygens (including phenoxy) is 2. The van der Waals surface area contributed by atoms with Crippen molar-refractivity contribution in [2.24, 2.45) is 0 Å². The van der Waals surface area contributed by atoms with Crippen LogP contribution in [0.1, 0.15) is 18.1 Å². The van der Waals surface area contributed by atoms with E-state index in [1.54, 1.807) is 18.2 Å². The number of nitrogens with zero attached hydrogens (tertiary/aromatic N) is 1. The van der Waals surface area contributed by atoms with Crippen LogP contribution in [0.4, 0.5) is 0 Å². The lowest BCUT2D eigenvalue weighted by atomic mass is 10.1. The molecule has 0 radical (unpaired) electrons.